The van der Waals surface area contributed by atoms with Crippen LogP contribution in [-0.2, 0) is 4.79 Å². The van der Waals surface area contributed by atoms with Crippen molar-refractivity contribution < 1.29 is 9.18 Å². The lowest BCUT2D eigenvalue weighted by atomic mass is 10.2. The Hall–Kier alpha value is -1.38. The number of halogens is 1. The van der Waals surface area contributed by atoms with Crippen LogP contribution in [0.15, 0.2) is 30.3 Å². The van der Waals surface area contributed by atoms with Gasteiger partial charge in [0.15, 0.2) is 0 Å². The largest absolute Gasteiger partial charge is 0.309 e. The van der Waals surface area contributed by atoms with Gasteiger partial charge in [-0.05, 0) is 6.42 Å². The first-order valence-corrected chi connectivity index (χ1v) is 4.77. The van der Waals surface area contributed by atoms with Gasteiger partial charge in [0.25, 0.3) is 0 Å². The minimum Gasteiger partial charge on any atom is -0.309 e. The Labute approximate surface area is 82.3 Å². The summed E-state index contributed by atoms with van der Waals surface area (Å²) in [6.07, 6.45) is -0.0227. The van der Waals surface area contributed by atoms with Gasteiger partial charge in [0.05, 0.1) is 0 Å². The molecule has 0 N–H and O–H groups in total. The maximum atomic E-state index is 13.8. The standard InChI is InChI=1S/C11H12FNO/c12-11(9-5-2-1-3-6-9)13-8-4-7-10(13)14/h1-3,5-6,11H,4,7-8H2. The summed E-state index contributed by atoms with van der Waals surface area (Å²) in [4.78, 5) is 12.6. The van der Waals surface area contributed by atoms with Gasteiger partial charge in [-0.15, -0.1) is 0 Å². The molecule has 14 heavy (non-hydrogen) atoms. The average molecular weight is 193 g/mol. The zero-order valence-electron chi connectivity index (χ0n) is 7.82. The number of carbonyl (C=O) groups is 1. The molecule has 2 rings (SSSR count). The Balaban J connectivity index is 2.16. The molecule has 1 amide bonds. The zero-order valence-corrected chi connectivity index (χ0v) is 7.82. The van der Waals surface area contributed by atoms with E-state index in [1.54, 1.807) is 24.3 Å². The van der Waals surface area contributed by atoms with Crippen molar-refractivity contribution in [1.29, 1.82) is 0 Å². The van der Waals surface area contributed by atoms with Gasteiger partial charge in [-0.25, -0.2) is 4.39 Å². The summed E-state index contributed by atoms with van der Waals surface area (Å²) in [6.45, 7) is 0.537. The number of likely N-dealkylation sites (tertiary alicyclic amines) is 1. The van der Waals surface area contributed by atoms with Gasteiger partial charge in [-0.3, -0.25) is 4.79 Å². The summed E-state index contributed by atoms with van der Waals surface area (Å²) < 4.78 is 13.8. The Bertz CT molecular complexity index is 325. The van der Waals surface area contributed by atoms with E-state index >= 15 is 0 Å². The van der Waals surface area contributed by atoms with Crippen molar-refractivity contribution in [3.8, 4) is 0 Å². The maximum Gasteiger partial charge on any atom is 0.225 e. The van der Waals surface area contributed by atoms with Crippen LogP contribution in [-0.4, -0.2) is 17.4 Å². The van der Waals surface area contributed by atoms with Gasteiger partial charge in [-0.2, -0.15) is 0 Å². The first kappa shape index (κ1) is 9.19. The molecule has 1 heterocycles. The smallest absolute Gasteiger partial charge is 0.225 e. The maximum absolute atomic E-state index is 13.8. The van der Waals surface area contributed by atoms with Crippen molar-refractivity contribution in [1.82, 2.24) is 4.90 Å². The van der Waals surface area contributed by atoms with Crippen molar-refractivity contribution in [2.45, 2.75) is 19.1 Å². The molecule has 1 aliphatic heterocycles. The SMILES string of the molecule is O=C1CCCN1C(F)c1ccccc1. The highest BCUT2D eigenvalue weighted by atomic mass is 19.1. The lowest BCUT2D eigenvalue weighted by molar-refractivity contribution is -0.133. The van der Waals surface area contributed by atoms with Gasteiger partial charge in [-0.1, -0.05) is 30.3 Å². The van der Waals surface area contributed by atoms with E-state index in [1.807, 2.05) is 6.07 Å². The number of benzene rings is 1. The Morgan fingerprint density at radius 2 is 2.00 bits per heavy atom. The number of rotatable bonds is 2. The van der Waals surface area contributed by atoms with Crippen LogP contribution in [0.5, 0.6) is 0 Å². The van der Waals surface area contributed by atoms with Crippen LogP contribution in [0.1, 0.15) is 24.7 Å². The molecule has 3 heteroatoms. The van der Waals surface area contributed by atoms with E-state index in [9.17, 15) is 9.18 Å². The molecule has 0 spiro atoms. The predicted molar refractivity (Wildman–Crippen MR) is 51.2 cm³/mol. The van der Waals surface area contributed by atoms with Crippen molar-refractivity contribution in [2.24, 2.45) is 0 Å². The molecule has 74 valence electrons. The fraction of sp³-hybridized carbons (Fsp3) is 0.364. The first-order valence-electron chi connectivity index (χ1n) is 4.77. The van der Waals surface area contributed by atoms with E-state index in [0.29, 0.717) is 18.5 Å². The molecule has 1 aliphatic rings. The number of hydrogen-bond acceptors (Lipinski definition) is 1. The third kappa shape index (κ3) is 1.62. The normalized spacial score (nSPS) is 18.6. The molecule has 1 unspecified atom stereocenters. The van der Waals surface area contributed by atoms with Gasteiger partial charge in [0.1, 0.15) is 0 Å². The van der Waals surface area contributed by atoms with Crippen LogP contribution in [0, 0.1) is 0 Å². The second-order valence-electron chi connectivity index (χ2n) is 3.44. The summed E-state index contributed by atoms with van der Waals surface area (Å²) in [7, 11) is 0. The van der Waals surface area contributed by atoms with Gasteiger partial charge in [0.2, 0.25) is 12.2 Å². The number of nitrogens with zero attached hydrogens (tertiary/aromatic N) is 1. The van der Waals surface area contributed by atoms with Crippen molar-refractivity contribution in [3.63, 3.8) is 0 Å². The molecule has 1 aromatic carbocycles. The molecular weight excluding hydrogens is 181 g/mol. The number of alkyl halides is 1. The van der Waals surface area contributed by atoms with Crippen LogP contribution < -0.4 is 0 Å². The lowest BCUT2D eigenvalue weighted by Gasteiger charge is -2.20. The van der Waals surface area contributed by atoms with Crippen LogP contribution >= 0.6 is 0 Å². The molecule has 1 aromatic rings. The third-order valence-corrected chi connectivity index (χ3v) is 2.46. The molecule has 0 bridgehead atoms. The average Bonchev–Trinajstić information content (AvgIpc) is 2.65. The molecule has 1 saturated heterocycles. The second-order valence-corrected chi connectivity index (χ2v) is 3.44. The van der Waals surface area contributed by atoms with E-state index < -0.39 is 6.30 Å². The Morgan fingerprint density at radius 1 is 1.29 bits per heavy atom. The highest BCUT2D eigenvalue weighted by molar-refractivity contribution is 5.78. The summed E-state index contributed by atoms with van der Waals surface area (Å²) >= 11 is 0. The van der Waals surface area contributed by atoms with E-state index in [0.717, 1.165) is 6.42 Å². The Kier molecular flexibility index (Phi) is 2.48. The molecule has 2 nitrogen and oxygen atoms in total. The minimum atomic E-state index is -1.27. The highest BCUT2D eigenvalue weighted by Gasteiger charge is 2.28. The van der Waals surface area contributed by atoms with E-state index in [1.165, 1.54) is 4.90 Å². The molecule has 1 atom stereocenters. The van der Waals surface area contributed by atoms with Crippen LogP contribution in [0.25, 0.3) is 0 Å². The monoisotopic (exact) mass is 193 g/mol. The highest BCUT2D eigenvalue weighted by Crippen LogP contribution is 2.26. The molecule has 1 fully saturated rings. The predicted octanol–water partition coefficient (Wildman–Crippen LogP) is 2.28. The van der Waals surface area contributed by atoms with Crippen molar-refractivity contribution >= 4 is 5.91 Å². The molecule has 0 aliphatic carbocycles. The molecule has 0 aromatic heterocycles. The number of amides is 1. The summed E-state index contributed by atoms with van der Waals surface area (Å²) in [6, 6.07) is 8.81. The fourth-order valence-corrected chi connectivity index (χ4v) is 1.70. The number of hydrogen-bond donors (Lipinski definition) is 0. The van der Waals surface area contributed by atoms with Gasteiger partial charge in [0, 0.05) is 18.5 Å². The number of carbonyl (C=O) groups excluding carboxylic acids is 1. The minimum absolute atomic E-state index is 0.0821. The quantitative estimate of drug-likeness (QED) is 0.660. The van der Waals surface area contributed by atoms with Gasteiger partial charge < -0.3 is 4.90 Å². The second kappa shape index (κ2) is 3.78. The van der Waals surface area contributed by atoms with E-state index in [2.05, 4.69) is 0 Å². The third-order valence-electron chi connectivity index (χ3n) is 2.46. The summed E-state index contributed by atoms with van der Waals surface area (Å²) in [5, 5.41) is 0. The first-order chi connectivity index (χ1) is 6.79. The van der Waals surface area contributed by atoms with Crippen molar-refractivity contribution in [3.05, 3.63) is 35.9 Å². The molecule has 0 radical (unpaired) electrons. The van der Waals surface area contributed by atoms with Crippen LogP contribution in [0.3, 0.4) is 0 Å². The fourth-order valence-electron chi connectivity index (χ4n) is 1.70. The Morgan fingerprint density at radius 3 is 2.57 bits per heavy atom. The summed E-state index contributed by atoms with van der Waals surface area (Å²) in [5.74, 6) is -0.0821. The van der Waals surface area contributed by atoms with E-state index in [4.69, 9.17) is 0 Å². The molecule has 0 saturated carbocycles. The van der Waals surface area contributed by atoms with E-state index in [-0.39, 0.29) is 5.91 Å². The summed E-state index contributed by atoms with van der Waals surface area (Å²) in [5.41, 5.74) is 0.558. The topological polar surface area (TPSA) is 20.3 Å². The lowest BCUT2D eigenvalue weighted by Crippen LogP contribution is -2.26. The van der Waals surface area contributed by atoms with Gasteiger partial charge >= 0.3 is 0 Å². The van der Waals surface area contributed by atoms with Crippen LogP contribution in [0.4, 0.5) is 4.39 Å². The zero-order chi connectivity index (χ0) is 9.97. The van der Waals surface area contributed by atoms with Crippen molar-refractivity contribution in [2.75, 3.05) is 6.54 Å². The molecular formula is C11H12FNO. The van der Waals surface area contributed by atoms with Crippen LogP contribution in [0.2, 0.25) is 0 Å².